The Morgan fingerprint density at radius 1 is 1.52 bits per heavy atom. The highest BCUT2D eigenvalue weighted by Gasteiger charge is 2.29. The molecule has 0 saturated carbocycles. The van der Waals surface area contributed by atoms with Gasteiger partial charge in [-0.1, -0.05) is 13.8 Å². The lowest BCUT2D eigenvalue weighted by Crippen LogP contribution is -2.21. The van der Waals surface area contributed by atoms with Gasteiger partial charge in [-0.2, -0.15) is 14.4 Å². The molecule has 1 fully saturated rings. The number of anilines is 1. The first kappa shape index (κ1) is 15.6. The number of halogens is 1. The summed E-state index contributed by atoms with van der Waals surface area (Å²) in [6, 6.07) is 0. The Kier molecular flexibility index (Phi) is 4.12. The molecule has 2 aromatic heterocycles. The number of hydrogen-bond donors (Lipinski definition) is 1. The molecule has 2 atom stereocenters. The van der Waals surface area contributed by atoms with Crippen molar-refractivity contribution < 1.29 is 18.7 Å². The number of fused-ring (bicyclic) bond motifs is 1. The molecule has 3 rings (SSSR count). The van der Waals surface area contributed by atoms with E-state index in [9.17, 15) is 9.18 Å². The van der Waals surface area contributed by atoms with Crippen LogP contribution in [0.15, 0.2) is 6.33 Å². The summed E-state index contributed by atoms with van der Waals surface area (Å²) in [7, 11) is 0. The van der Waals surface area contributed by atoms with Crippen molar-refractivity contribution in [3.63, 3.8) is 0 Å². The molecule has 0 bridgehead atoms. The van der Waals surface area contributed by atoms with Crippen LogP contribution in [-0.4, -0.2) is 38.2 Å². The van der Waals surface area contributed by atoms with Crippen LogP contribution in [0.1, 0.15) is 32.9 Å². The second kappa shape index (κ2) is 6.07. The molecule has 0 spiro atoms. The summed E-state index contributed by atoms with van der Waals surface area (Å²) in [5.41, 5.74) is 6.27. The average molecular weight is 323 g/mol. The SMILES string of the molecule is CC(C)C(=O)OCC1CCC(n2cnc3c(N)nc(F)nc32)O1. The Morgan fingerprint density at radius 2 is 2.30 bits per heavy atom. The van der Waals surface area contributed by atoms with Crippen LogP contribution in [0.5, 0.6) is 0 Å². The van der Waals surface area contributed by atoms with E-state index in [2.05, 4.69) is 15.0 Å². The predicted molar refractivity (Wildman–Crippen MR) is 78.6 cm³/mol. The normalized spacial score (nSPS) is 21.2. The molecular formula is C14H18FN5O3. The summed E-state index contributed by atoms with van der Waals surface area (Å²) in [5.74, 6) is -0.438. The van der Waals surface area contributed by atoms with Gasteiger partial charge in [0.2, 0.25) is 0 Å². The van der Waals surface area contributed by atoms with Crippen LogP contribution in [0, 0.1) is 12.0 Å². The maximum absolute atomic E-state index is 13.4. The maximum Gasteiger partial charge on any atom is 0.312 e. The van der Waals surface area contributed by atoms with Gasteiger partial charge < -0.3 is 15.2 Å². The number of hydrogen-bond acceptors (Lipinski definition) is 7. The topological polar surface area (TPSA) is 105 Å². The summed E-state index contributed by atoms with van der Waals surface area (Å²) in [5, 5.41) is 0. The average Bonchev–Trinajstić information content (AvgIpc) is 3.10. The van der Waals surface area contributed by atoms with Crippen LogP contribution >= 0.6 is 0 Å². The minimum Gasteiger partial charge on any atom is -0.463 e. The highest BCUT2D eigenvalue weighted by Crippen LogP contribution is 2.31. The molecule has 8 nitrogen and oxygen atoms in total. The standard InChI is InChI=1S/C14H18FN5O3/c1-7(2)13(21)22-5-8-3-4-9(23-8)20-6-17-10-11(16)18-14(15)19-12(10)20/h6-9H,3-5H2,1-2H3,(H2,16,18,19). The van der Waals surface area contributed by atoms with Gasteiger partial charge in [0.1, 0.15) is 12.8 Å². The van der Waals surface area contributed by atoms with Gasteiger partial charge in [-0.05, 0) is 12.8 Å². The van der Waals surface area contributed by atoms with Crippen LogP contribution in [0.3, 0.4) is 0 Å². The van der Waals surface area contributed by atoms with E-state index in [0.717, 1.165) is 6.42 Å². The number of imidazole rings is 1. The monoisotopic (exact) mass is 323 g/mol. The van der Waals surface area contributed by atoms with Crippen molar-refractivity contribution in [1.29, 1.82) is 0 Å². The van der Waals surface area contributed by atoms with Crippen LogP contribution in [-0.2, 0) is 14.3 Å². The third kappa shape index (κ3) is 3.09. The predicted octanol–water partition coefficient (Wildman–Crippen LogP) is 1.42. The number of nitrogens with zero attached hydrogens (tertiary/aromatic N) is 4. The van der Waals surface area contributed by atoms with Gasteiger partial charge in [0, 0.05) is 0 Å². The Balaban J connectivity index is 1.71. The molecule has 0 aromatic carbocycles. The van der Waals surface area contributed by atoms with Crippen LogP contribution in [0.25, 0.3) is 11.2 Å². The smallest absolute Gasteiger partial charge is 0.312 e. The van der Waals surface area contributed by atoms with Crippen molar-refractivity contribution in [2.75, 3.05) is 12.3 Å². The molecule has 2 aromatic rings. The molecule has 0 amide bonds. The van der Waals surface area contributed by atoms with E-state index in [0.29, 0.717) is 17.6 Å². The number of esters is 1. The fourth-order valence-electron chi connectivity index (χ4n) is 2.48. The van der Waals surface area contributed by atoms with E-state index in [4.69, 9.17) is 15.2 Å². The molecule has 2 unspecified atom stereocenters. The van der Waals surface area contributed by atoms with Gasteiger partial charge in [0.15, 0.2) is 17.0 Å². The molecule has 3 heterocycles. The van der Waals surface area contributed by atoms with E-state index in [1.807, 2.05) is 0 Å². The first-order chi connectivity index (χ1) is 11.0. The second-order valence-electron chi connectivity index (χ2n) is 5.78. The maximum atomic E-state index is 13.4. The second-order valence-corrected chi connectivity index (χ2v) is 5.78. The quantitative estimate of drug-likeness (QED) is 0.670. The van der Waals surface area contributed by atoms with Crippen molar-refractivity contribution >= 4 is 23.0 Å². The van der Waals surface area contributed by atoms with Gasteiger partial charge >= 0.3 is 12.0 Å². The number of nitrogen functional groups attached to an aromatic ring is 1. The number of carbonyl (C=O) groups excluding carboxylic acids is 1. The van der Waals surface area contributed by atoms with Crippen molar-refractivity contribution in [3.8, 4) is 0 Å². The molecule has 23 heavy (non-hydrogen) atoms. The Morgan fingerprint density at radius 3 is 3.04 bits per heavy atom. The third-order valence-electron chi connectivity index (χ3n) is 3.70. The van der Waals surface area contributed by atoms with Crippen LogP contribution in [0.2, 0.25) is 0 Å². The molecule has 1 saturated heterocycles. The minimum absolute atomic E-state index is 0.00772. The van der Waals surface area contributed by atoms with Gasteiger partial charge in [0.05, 0.1) is 18.3 Å². The number of nitrogens with two attached hydrogens (primary N) is 1. The molecule has 2 N–H and O–H groups in total. The molecule has 1 aliphatic rings. The van der Waals surface area contributed by atoms with Crippen molar-refractivity contribution in [3.05, 3.63) is 12.4 Å². The van der Waals surface area contributed by atoms with E-state index in [1.54, 1.807) is 18.4 Å². The summed E-state index contributed by atoms with van der Waals surface area (Å²) >= 11 is 0. The van der Waals surface area contributed by atoms with Crippen LogP contribution < -0.4 is 5.73 Å². The van der Waals surface area contributed by atoms with E-state index >= 15 is 0 Å². The Labute approximate surface area is 131 Å². The number of rotatable bonds is 4. The minimum atomic E-state index is -0.905. The number of aromatic nitrogens is 4. The zero-order valence-electron chi connectivity index (χ0n) is 12.9. The lowest BCUT2D eigenvalue weighted by Gasteiger charge is -2.16. The zero-order valence-corrected chi connectivity index (χ0v) is 12.9. The number of carbonyl (C=O) groups is 1. The summed E-state index contributed by atoms with van der Waals surface area (Å²) in [6.45, 7) is 3.75. The zero-order chi connectivity index (χ0) is 16.6. The highest BCUT2D eigenvalue weighted by atomic mass is 19.1. The van der Waals surface area contributed by atoms with Crippen molar-refractivity contribution in [2.24, 2.45) is 5.92 Å². The Bertz CT molecular complexity index is 733. The lowest BCUT2D eigenvalue weighted by atomic mass is 10.2. The van der Waals surface area contributed by atoms with Gasteiger partial charge in [-0.15, -0.1) is 0 Å². The first-order valence-corrected chi connectivity index (χ1v) is 7.43. The molecular weight excluding hydrogens is 305 g/mol. The van der Waals surface area contributed by atoms with Gasteiger partial charge in [-0.25, -0.2) is 4.98 Å². The summed E-state index contributed by atoms with van der Waals surface area (Å²) in [4.78, 5) is 22.8. The first-order valence-electron chi connectivity index (χ1n) is 7.43. The lowest BCUT2D eigenvalue weighted by molar-refractivity contribution is -0.152. The van der Waals surface area contributed by atoms with Crippen LogP contribution in [0.4, 0.5) is 10.2 Å². The molecule has 0 radical (unpaired) electrons. The summed E-state index contributed by atoms with van der Waals surface area (Å²) < 4.78 is 26.0. The van der Waals surface area contributed by atoms with E-state index < -0.39 is 6.08 Å². The van der Waals surface area contributed by atoms with Crippen molar-refractivity contribution in [2.45, 2.75) is 39.0 Å². The third-order valence-corrected chi connectivity index (χ3v) is 3.70. The molecule has 0 aliphatic carbocycles. The van der Waals surface area contributed by atoms with E-state index in [-0.39, 0.29) is 36.6 Å². The number of ether oxygens (including phenoxy) is 2. The summed E-state index contributed by atoms with van der Waals surface area (Å²) in [6.07, 6.45) is 1.44. The Hall–Kier alpha value is -2.29. The molecule has 124 valence electrons. The molecule has 9 heteroatoms. The van der Waals surface area contributed by atoms with Crippen molar-refractivity contribution in [1.82, 2.24) is 19.5 Å². The highest BCUT2D eigenvalue weighted by molar-refractivity contribution is 5.81. The fraction of sp³-hybridized carbons (Fsp3) is 0.571. The van der Waals surface area contributed by atoms with Gasteiger partial charge in [0.25, 0.3) is 0 Å². The molecule has 1 aliphatic heterocycles. The van der Waals surface area contributed by atoms with Gasteiger partial charge in [-0.3, -0.25) is 9.36 Å². The largest absolute Gasteiger partial charge is 0.463 e. The van der Waals surface area contributed by atoms with E-state index in [1.165, 1.54) is 6.33 Å². The fourth-order valence-corrected chi connectivity index (χ4v) is 2.48.